The molecular weight excluding hydrogens is 398 g/mol. The van der Waals surface area contributed by atoms with Crippen LogP contribution in [-0.2, 0) is 12.8 Å². The standard InChI is InChI=1S/C22H25N5O2S/c1-3-20-24-18(14-30-20)11-12-23-21(28)27-19-13-17(10-9-15(19)2)26-22(29)25-16-7-5-4-6-8-16/h4-10,13-14H,3,11-12H2,1-2H3,(H2,23,27,28)(H2,25,26,29). The monoisotopic (exact) mass is 423 g/mol. The van der Waals surface area contributed by atoms with Gasteiger partial charge in [-0.2, -0.15) is 0 Å². The Morgan fingerprint density at radius 1 is 0.967 bits per heavy atom. The minimum atomic E-state index is -0.352. The Morgan fingerprint density at radius 2 is 1.73 bits per heavy atom. The first-order chi connectivity index (χ1) is 14.5. The van der Waals surface area contributed by atoms with Gasteiger partial charge in [0, 0.05) is 35.4 Å². The molecule has 0 radical (unpaired) electrons. The summed E-state index contributed by atoms with van der Waals surface area (Å²) in [5.74, 6) is 0. The number of aromatic nitrogens is 1. The van der Waals surface area contributed by atoms with Crippen LogP contribution in [0.15, 0.2) is 53.9 Å². The van der Waals surface area contributed by atoms with Crippen molar-refractivity contribution >= 4 is 40.5 Å². The van der Waals surface area contributed by atoms with Crippen LogP contribution in [0.1, 0.15) is 23.2 Å². The summed E-state index contributed by atoms with van der Waals surface area (Å²) in [6, 6.07) is 13.9. The lowest BCUT2D eigenvalue weighted by Crippen LogP contribution is -2.30. The number of nitrogens with one attached hydrogen (secondary N) is 4. The third-order valence-electron chi connectivity index (χ3n) is 4.34. The van der Waals surface area contributed by atoms with Crippen molar-refractivity contribution in [2.24, 2.45) is 0 Å². The molecule has 4 N–H and O–H groups in total. The average molecular weight is 424 g/mol. The molecule has 0 bridgehead atoms. The summed E-state index contributed by atoms with van der Waals surface area (Å²) in [5, 5.41) is 14.3. The molecule has 0 unspecified atom stereocenters. The van der Waals surface area contributed by atoms with Gasteiger partial charge >= 0.3 is 12.1 Å². The second kappa shape index (κ2) is 10.4. The van der Waals surface area contributed by atoms with Crippen LogP contribution in [-0.4, -0.2) is 23.6 Å². The minimum absolute atomic E-state index is 0.296. The van der Waals surface area contributed by atoms with Crippen molar-refractivity contribution in [2.75, 3.05) is 22.5 Å². The molecule has 0 aliphatic carbocycles. The van der Waals surface area contributed by atoms with E-state index in [1.807, 2.05) is 36.6 Å². The molecule has 3 rings (SSSR count). The fraction of sp³-hybridized carbons (Fsp3) is 0.227. The quantitative estimate of drug-likeness (QED) is 0.430. The van der Waals surface area contributed by atoms with Gasteiger partial charge in [0.05, 0.1) is 10.7 Å². The largest absolute Gasteiger partial charge is 0.337 e. The number of amides is 4. The Bertz CT molecular complexity index is 1000. The third-order valence-corrected chi connectivity index (χ3v) is 5.39. The second-order valence-electron chi connectivity index (χ2n) is 6.69. The van der Waals surface area contributed by atoms with Gasteiger partial charge in [0.2, 0.25) is 0 Å². The van der Waals surface area contributed by atoms with E-state index >= 15 is 0 Å². The molecule has 7 nitrogen and oxygen atoms in total. The Balaban J connectivity index is 1.51. The topological polar surface area (TPSA) is 95.2 Å². The summed E-state index contributed by atoms with van der Waals surface area (Å²) in [6.45, 7) is 4.46. The summed E-state index contributed by atoms with van der Waals surface area (Å²) in [4.78, 5) is 28.9. The van der Waals surface area contributed by atoms with Gasteiger partial charge in [-0.3, -0.25) is 0 Å². The molecule has 30 heavy (non-hydrogen) atoms. The van der Waals surface area contributed by atoms with E-state index in [1.165, 1.54) is 0 Å². The zero-order valence-electron chi connectivity index (χ0n) is 17.0. The van der Waals surface area contributed by atoms with Gasteiger partial charge in [0.15, 0.2) is 0 Å². The molecule has 2 aromatic carbocycles. The molecular formula is C22H25N5O2S. The number of para-hydroxylation sites is 1. The summed E-state index contributed by atoms with van der Waals surface area (Å²) >= 11 is 1.64. The van der Waals surface area contributed by atoms with E-state index in [9.17, 15) is 9.59 Å². The lowest BCUT2D eigenvalue weighted by Gasteiger charge is -2.13. The number of nitrogens with zero attached hydrogens (tertiary/aromatic N) is 1. The number of thiazole rings is 1. The highest BCUT2D eigenvalue weighted by Crippen LogP contribution is 2.20. The number of carbonyl (C=O) groups excluding carboxylic acids is 2. The van der Waals surface area contributed by atoms with Crippen LogP contribution >= 0.6 is 11.3 Å². The fourth-order valence-corrected chi connectivity index (χ4v) is 3.53. The smallest absolute Gasteiger partial charge is 0.323 e. The fourth-order valence-electron chi connectivity index (χ4n) is 2.75. The van der Waals surface area contributed by atoms with Crippen molar-refractivity contribution in [3.63, 3.8) is 0 Å². The molecule has 0 saturated heterocycles. The van der Waals surface area contributed by atoms with Crippen LogP contribution in [0, 0.1) is 6.92 Å². The molecule has 1 aromatic heterocycles. The van der Waals surface area contributed by atoms with Gasteiger partial charge in [-0.05, 0) is 43.2 Å². The lowest BCUT2D eigenvalue weighted by atomic mass is 10.2. The summed E-state index contributed by atoms with van der Waals surface area (Å²) in [6.07, 6.45) is 1.61. The predicted octanol–water partition coefficient (Wildman–Crippen LogP) is 5.02. The van der Waals surface area contributed by atoms with Crippen molar-refractivity contribution in [1.29, 1.82) is 0 Å². The van der Waals surface area contributed by atoms with Gasteiger partial charge in [-0.25, -0.2) is 14.6 Å². The summed E-state index contributed by atoms with van der Waals surface area (Å²) < 4.78 is 0. The number of carbonyl (C=O) groups is 2. The van der Waals surface area contributed by atoms with Crippen LogP contribution in [0.5, 0.6) is 0 Å². The van der Waals surface area contributed by atoms with E-state index in [-0.39, 0.29) is 12.1 Å². The molecule has 0 fully saturated rings. The van der Waals surface area contributed by atoms with Crippen LogP contribution in [0.2, 0.25) is 0 Å². The van der Waals surface area contributed by atoms with E-state index in [0.29, 0.717) is 30.0 Å². The van der Waals surface area contributed by atoms with Crippen molar-refractivity contribution in [2.45, 2.75) is 26.7 Å². The highest BCUT2D eigenvalue weighted by Gasteiger charge is 2.08. The first-order valence-corrected chi connectivity index (χ1v) is 10.6. The maximum absolute atomic E-state index is 12.3. The SMILES string of the molecule is CCc1nc(CCNC(=O)Nc2cc(NC(=O)Nc3ccccc3)ccc2C)cs1. The number of aryl methyl sites for hydroxylation is 2. The van der Waals surface area contributed by atoms with Crippen molar-refractivity contribution in [3.8, 4) is 0 Å². The maximum atomic E-state index is 12.3. The van der Waals surface area contributed by atoms with Gasteiger partial charge in [0.25, 0.3) is 0 Å². The summed E-state index contributed by atoms with van der Waals surface area (Å²) in [5.41, 5.74) is 3.80. The van der Waals surface area contributed by atoms with E-state index in [4.69, 9.17) is 0 Å². The van der Waals surface area contributed by atoms with Crippen molar-refractivity contribution in [3.05, 3.63) is 70.2 Å². The minimum Gasteiger partial charge on any atom is -0.337 e. The normalized spacial score (nSPS) is 10.3. The van der Waals surface area contributed by atoms with Gasteiger partial charge in [0.1, 0.15) is 0 Å². The Morgan fingerprint density at radius 3 is 2.47 bits per heavy atom. The van der Waals surface area contributed by atoms with Gasteiger partial charge in [-0.15, -0.1) is 11.3 Å². The van der Waals surface area contributed by atoms with E-state index < -0.39 is 0 Å². The van der Waals surface area contributed by atoms with Crippen molar-refractivity contribution < 1.29 is 9.59 Å². The lowest BCUT2D eigenvalue weighted by molar-refractivity contribution is 0.252. The second-order valence-corrected chi connectivity index (χ2v) is 7.63. The molecule has 1 heterocycles. The van der Waals surface area contributed by atoms with E-state index in [2.05, 4.69) is 33.2 Å². The number of hydrogen-bond donors (Lipinski definition) is 4. The van der Waals surface area contributed by atoms with Crippen molar-refractivity contribution in [1.82, 2.24) is 10.3 Å². The molecule has 8 heteroatoms. The Hall–Kier alpha value is -3.39. The number of benzene rings is 2. The molecule has 0 aliphatic rings. The number of hydrogen-bond acceptors (Lipinski definition) is 4. The summed E-state index contributed by atoms with van der Waals surface area (Å²) in [7, 11) is 0. The number of anilines is 3. The van der Waals surface area contributed by atoms with Gasteiger partial charge in [-0.1, -0.05) is 31.2 Å². The number of urea groups is 2. The Labute approximate surface area is 179 Å². The van der Waals surface area contributed by atoms with E-state index in [1.54, 1.807) is 35.6 Å². The average Bonchev–Trinajstić information content (AvgIpc) is 3.19. The molecule has 0 atom stereocenters. The Kier molecular flexibility index (Phi) is 7.40. The third kappa shape index (κ3) is 6.31. The first-order valence-electron chi connectivity index (χ1n) is 9.75. The molecule has 3 aromatic rings. The molecule has 0 aliphatic heterocycles. The van der Waals surface area contributed by atoms with Crippen LogP contribution in [0.3, 0.4) is 0 Å². The van der Waals surface area contributed by atoms with Crippen LogP contribution < -0.4 is 21.3 Å². The van der Waals surface area contributed by atoms with Crippen LogP contribution in [0.25, 0.3) is 0 Å². The van der Waals surface area contributed by atoms with Crippen LogP contribution in [0.4, 0.5) is 26.7 Å². The zero-order valence-corrected chi connectivity index (χ0v) is 17.8. The molecule has 0 spiro atoms. The molecule has 156 valence electrons. The van der Waals surface area contributed by atoms with E-state index in [0.717, 1.165) is 22.7 Å². The highest BCUT2D eigenvalue weighted by molar-refractivity contribution is 7.09. The predicted molar refractivity (Wildman–Crippen MR) is 122 cm³/mol. The van der Waals surface area contributed by atoms with Gasteiger partial charge < -0.3 is 21.3 Å². The first kappa shape index (κ1) is 21.3. The molecule has 0 saturated carbocycles. The zero-order chi connectivity index (χ0) is 21.3. The maximum Gasteiger partial charge on any atom is 0.323 e. The highest BCUT2D eigenvalue weighted by atomic mass is 32.1. The number of rotatable bonds is 7. The molecule has 4 amide bonds.